The second-order valence-corrected chi connectivity index (χ2v) is 8.02. The third-order valence-corrected chi connectivity index (χ3v) is 5.77. The van der Waals surface area contributed by atoms with Gasteiger partial charge in [-0.05, 0) is 36.4 Å². The van der Waals surface area contributed by atoms with E-state index in [1.165, 1.54) is 24.3 Å². The first-order chi connectivity index (χ1) is 10.7. The van der Waals surface area contributed by atoms with E-state index >= 15 is 0 Å². The zero-order valence-corrected chi connectivity index (χ0v) is 15.3. The fraction of sp³-hybridized carbons (Fsp3) is 0.0714. The van der Waals surface area contributed by atoms with E-state index in [0.29, 0.717) is 8.78 Å². The predicted molar refractivity (Wildman–Crippen MR) is 92.8 cm³/mol. The van der Waals surface area contributed by atoms with Crippen LogP contribution in [-0.2, 0) is 14.8 Å². The maximum atomic E-state index is 12.8. The number of carboxylic acid groups (broad SMARTS) is 1. The zero-order chi connectivity index (χ0) is 17.2. The Kier molecular flexibility index (Phi) is 5.57. The molecule has 2 aromatic carbocycles. The Balaban J connectivity index is 2.63. The molecule has 0 saturated carbocycles. The molecule has 122 valence electrons. The van der Waals surface area contributed by atoms with Crippen molar-refractivity contribution in [3.63, 3.8) is 0 Å². The maximum absolute atomic E-state index is 12.8. The minimum Gasteiger partial charge on any atom is -0.480 e. The van der Waals surface area contributed by atoms with E-state index in [1.54, 1.807) is 18.2 Å². The summed E-state index contributed by atoms with van der Waals surface area (Å²) in [5.74, 6) is -1.33. The van der Waals surface area contributed by atoms with Crippen LogP contribution in [-0.4, -0.2) is 26.0 Å². The van der Waals surface area contributed by atoms with Crippen LogP contribution >= 0.6 is 39.1 Å². The van der Waals surface area contributed by atoms with Crippen LogP contribution < -0.4 is 4.31 Å². The molecule has 9 heteroatoms. The summed E-state index contributed by atoms with van der Waals surface area (Å²) in [6, 6.07) is 10.2. The molecule has 0 aliphatic heterocycles. The van der Waals surface area contributed by atoms with Crippen LogP contribution in [0.1, 0.15) is 0 Å². The van der Waals surface area contributed by atoms with Crippen molar-refractivity contribution < 1.29 is 18.3 Å². The van der Waals surface area contributed by atoms with Crippen LogP contribution in [0.5, 0.6) is 0 Å². The minimum atomic E-state index is -4.15. The van der Waals surface area contributed by atoms with Crippen molar-refractivity contribution in [1.29, 1.82) is 0 Å². The van der Waals surface area contributed by atoms with E-state index in [9.17, 15) is 13.2 Å². The number of carboxylic acids is 1. The van der Waals surface area contributed by atoms with Crippen LogP contribution in [0.3, 0.4) is 0 Å². The number of anilines is 1. The van der Waals surface area contributed by atoms with Crippen molar-refractivity contribution >= 4 is 60.8 Å². The first-order valence-electron chi connectivity index (χ1n) is 6.17. The van der Waals surface area contributed by atoms with Crippen molar-refractivity contribution in [2.75, 3.05) is 10.8 Å². The van der Waals surface area contributed by atoms with Gasteiger partial charge in [-0.1, -0.05) is 45.2 Å². The third-order valence-electron chi connectivity index (χ3n) is 2.87. The number of carbonyl (C=O) groups is 1. The van der Waals surface area contributed by atoms with Crippen molar-refractivity contribution in [2.24, 2.45) is 0 Å². The minimum absolute atomic E-state index is 0.0411. The van der Waals surface area contributed by atoms with E-state index in [4.69, 9.17) is 28.3 Å². The highest BCUT2D eigenvalue weighted by Gasteiger charge is 2.30. The van der Waals surface area contributed by atoms with E-state index < -0.39 is 22.5 Å². The molecule has 0 bridgehead atoms. The van der Waals surface area contributed by atoms with E-state index in [1.807, 2.05) is 0 Å². The Morgan fingerprint density at radius 2 is 1.61 bits per heavy atom. The summed E-state index contributed by atoms with van der Waals surface area (Å²) in [4.78, 5) is 11.1. The van der Waals surface area contributed by atoms with Gasteiger partial charge in [0.05, 0.1) is 20.6 Å². The lowest BCUT2D eigenvalue weighted by Crippen LogP contribution is -2.36. The Bertz CT molecular complexity index is 820. The van der Waals surface area contributed by atoms with Gasteiger partial charge in [-0.15, -0.1) is 0 Å². The Morgan fingerprint density at radius 1 is 1.09 bits per heavy atom. The fourth-order valence-corrected chi connectivity index (χ4v) is 4.29. The summed E-state index contributed by atoms with van der Waals surface area (Å²) < 4.78 is 27.0. The lowest BCUT2D eigenvalue weighted by molar-refractivity contribution is -0.135. The predicted octanol–water partition coefficient (Wildman–Crippen LogP) is 4.04. The normalized spacial score (nSPS) is 11.3. The largest absolute Gasteiger partial charge is 0.480 e. The Morgan fingerprint density at radius 3 is 2.09 bits per heavy atom. The molecular formula is C14H10BrCl2NO4S. The summed E-state index contributed by atoms with van der Waals surface area (Å²) in [6.07, 6.45) is 0. The van der Waals surface area contributed by atoms with Crippen molar-refractivity contribution in [3.05, 3.63) is 57.0 Å². The highest BCUT2D eigenvalue weighted by molar-refractivity contribution is 9.10. The first-order valence-corrected chi connectivity index (χ1v) is 9.16. The van der Waals surface area contributed by atoms with Crippen LogP contribution in [0.2, 0.25) is 10.0 Å². The van der Waals surface area contributed by atoms with Crippen LogP contribution in [0, 0.1) is 0 Å². The number of para-hydroxylation sites is 1. The summed E-state index contributed by atoms with van der Waals surface area (Å²) in [5, 5.41) is 9.16. The van der Waals surface area contributed by atoms with Gasteiger partial charge >= 0.3 is 5.97 Å². The van der Waals surface area contributed by atoms with Gasteiger partial charge in [0.15, 0.2) is 0 Å². The van der Waals surface area contributed by atoms with Crippen LogP contribution in [0.4, 0.5) is 5.69 Å². The molecule has 0 spiro atoms. The Labute approximate surface area is 151 Å². The average molecular weight is 439 g/mol. The molecule has 2 rings (SSSR count). The lowest BCUT2D eigenvalue weighted by Gasteiger charge is -2.24. The van der Waals surface area contributed by atoms with Crippen molar-refractivity contribution in [1.82, 2.24) is 0 Å². The van der Waals surface area contributed by atoms with E-state index in [2.05, 4.69) is 15.9 Å². The molecule has 0 aliphatic rings. The molecule has 0 unspecified atom stereocenters. The second-order valence-electron chi connectivity index (χ2n) is 4.43. The third kappa shape index (κ3) is 3.98. The molecule has 1 N–H and O–H groups in total. The molecule has 2 aromatic rings. The number of hydrogen-bond acceptors (Lipinski definition) is 3. The molecule has 0 radical (unpaired) electrons. The van der Waals surface area contributed by atoms with Gasteiger partial charge < -0.3 is 5.11 Å². The van der Waals surface area contributed by atoms with Crippen LogP contribution in [0.25, 0.3) is 0 Å². The van der Waals surface area contributed by atoms with E-state index in [-0.39, 0.29) is 20.6 Å². The molecule has 0 saturated heterocycles. The summed E-state index contributed by atoms with van der Waals surface area (Å²) in [5.41, 5.74) is -0.0684. The molecule has 0 heterocycles. The first kappa shape index (κ1) is 18.1. The summed E-state index contributed by atoms with van der Waals surface area (Å²) >= 11 is 15.3. The van der Waals surface area contributed by atoms with Gasteiger partial charge in [0.1, 0.15) is 6.54 Å². The monoisotopic (exact) mass is 437 g/mol. The molecular weight excluding hydrogens is 429 g/mol. The van der Waals surface area contributed by atoms with Gasteiger partial charge in [-0.25, -0.2) is 8.42 Å². The van der Waals surface area contributed by atoms with Gasteiger partial charge in [0.25, 0.3) is 10.0 Å². The molecule has 0 atom stereocenters. The zero-order valence-electron chi connectivity index (χ0n) is 11.4. The SMILES string of the molecule is O=C(O)CN(c1c(Cl)cccc1Cl)S(=O)(=O)c1ccc(Br)cc1. The maximum Gasteiger partial charge on any atom is 0.324 e. The average Bonchev–Trinajstić information content (AvgIpc) is 2.46. The summed E-state index contributed by atoms with van der Waals surface area (Å²) in [7, 11) is -4.15. The Hall–Kier alpha value is -1.28. The second kappa shape index (κ2) is 7.09. The molecule has 0 aromatic heterocycles. The molecule has 5 nitrogen and oxygen atoms in total. The topological polar surface area (TPSA) is 74.7 Å². The van der Waals surface area contributed by atoms with E-state index in [0.717, 1.165) is 0 Å². The van der Waals surface area contributed by atoms with Gasteiger partial charge in [0.2, 0.25) is 0 Å². The quantitative estimate of drug-likeness (QED) is 0.764. The lowest BCUT2D eigenvalue weighted by atomic mass is 10.3. The van der Waals surface area contributed by atoms with Crippen LogP contribution in [0.15, 0.2) is 51.8 Å². The molecule has 0 aliphatic carbocycles. The van der Waals surface area contributed by atoms with Gasteiger partial charge in [0, 0.05) is 4.47 Å². The highest BCUT2D eigenvalue weighted by atomic mass is 79.9. The molecule has 0 amide bonds. The number of rotatable bonds is 5. The van der Waals surface area contributed by atoms with Crippen molar-refractivity contribution in [2.45, 2.75) is 4.90 Å². The number of aliphatic carboxylic acids is 1. The van der Waals surface area contributed by atoms with Crippen molar-refractivity contribution in [3.8, 4) is 0 Å². The number of benzene rings is 2. The number of sulfonamides is 1. The molecule has 0 fully saturated rings. The summed E-state index contributed by atoms with van der Waals surface area (Å²) in [6.45, 7) is -0.804. The smallest absolute Gasteiger partial charge is 0.324 e. The van der Waals surface area contributed by atoms with Gasteiger partial charge in [-0.2, -0.15) is 0 Å². The number of hydrogen-bond donors (Lipinski definition) is 1. The van der Waals surface area contributed by atoms with Gasteiger partial charge in [-0.3, -0.25) is 9.10 Å². The molecule has 23 heavy (non-hydrogen) atoms. The highest BCUT2D eigenvalue weighted by Crippen LogP contribution is 2.36. The number of nitrogens with zero attached hydrogens (tertiary/aromatic N) is 1. The standard InChI is InChI=1S/C14H10BrCl2NO4S/c15-9-4-6-10(7-5-9)23(21,22)18(8-13(19)20)14-11(16)2-1-3-12(14)17/h1-7H,8H2,(H,19,20). The fourth-order valence-electron chi connectivity index (χ4n) is 1.87. The number of halogens is 3.